The zero-order valence-electron chi connectivity index (χ0n) is 13.4. The molecule has 1 spiro atoms. The molecule has 0 aromatic heterocycles. The molecule has 2 fully saturated rings. The third-order valence-electron chi connectivity index (χ3n) is 4.44. The van der Waals surface area contributed by atoms with E-state index < -0.39 is 0 Å². The van der Waals surface area contributed by atoms with E-state index in [4.69, 9.17) is 4.74 Å². The SMILES string of the molecule is COCCN1CC[C@@]2(CCCN(C(=O)NC(C)C)C2)C1=O. The molecule has 0 bridgehead atoms. The minimum absolute atomic E-state index is 0.0489. The highest BCUT2D eigenvalue weighted by molar-refractivity contribution is 5.86. The number of rotatable bonds is 4. The van der Waals surface area contributed by atoms with Gasteiger partial charge in [-0.25, -0.2) is 4.79 Å². The second-order valence-electron chi connectivity index (χ2n) is 6.44. The Kier molecular flexibility index (Phi) is 5.08. The first-order chi connectivity index (χ1) is 9.98. The topological polar surface area (TPSA) is 61.9 Å². The first-order valence-electron chi connectivity index (χ1n) is 7.82. The van der Waals surface area contributed by atoms with E-state index in [0.717, 1.165) is 32.4 Å². The molecule has 0 unspecified atom stereocenters. The molecule has 0 saturated carbocycles. The quantitative estimate of drug-likeness (QED) is 0.844. The van der Waals surface area contributed by atoms with Gasteiger partial charge in [-0.15, -0.1) is 0 Å². The number of piperidine rings is 1. The molecule has 1 N–H and O–H groups in total. The number of likely N-dealkylation sites (tertiary alicyclic amines) is 2. The van der Waals surface area contributed by atoms with Crippen LogP contribution in [-0.2, 0) is 9.53 Å². The molecule has 0 radical (unpaired) electrons. The monoisotopic (exact) mass is 297 g/mol. The first kappa shape index (κ1) is 16.1. The minimum atomic E-state index is -0.361. The van der Waals surface area contributed by atoms with Gasteiger partial charge in [0.1, 0.15) is 0 Å². The molecule has 2 aliphatic rings. The Labute approximate surface area is 126 Å². The van der Waals surface area contributed by atoms with Crippen LogP contribution < -0.4 is 5.32 Å². The van der Waals surface area contributed by atoms with Crippen LogP contribution in [0.3, 0.4) is 0 Å². The lowest BCUT2D eigenvalue weighted by Crippen LogP contribution is -2.53. The Hall–Kier alpha value is -1.30. The van der Waals surface area contributed by atoms with E-state index in [9.17, 15) is 9.59 Å². The van der Waals surface area contributed by atoms with Crippen LogP contribution in [0.4, 0.5) is 4.79 Å². The first-order valence-corrected chi connectivity index (χ1v) is 7.82. The maximum Gasteiger partial charge on any atom is 0.317 e. The fraction of sp³-hybridized carbons (Fsp3) is 0.867. The molecule has 2 saturated heterocycles. The zero-order chi connectivity index (χ0) is 15.5. The van der Waals surface area contributed by atoms with Crippen LogP contribution in [0.2, 0.25) is 0 Å². The lowest BCUT2D eigenvalue weighted by molar-refractivity contribution is -0.138. The number of carbonyl (C=O) groups is 2. The van der Waals surface area contributed by atoms with Crippen LogP contribution in [0, 0.1) is 5.41 Å². The zero-order valence-corrected chi connectivity index (χ0v) is 13.4. The summed E-state index contributed by atoms with van der Waals surface area (Å²) in [6.07, 6.45) is 2.64. The smallest absolute Gasteiger partial charge is 0.317 e. The summed E-state index contributed by atoms with van der Waals surface area (Å²) in [5.74, 6) is 0.196. The largest absolute Gasteiger partial charge is 0.383 e. The lowest BCUT2D eigenvalue weighted by atomic mass is 9.78. The van der Waals surface area contributed by atoms with Crippen molar-refractivity contribution in [3.05, 3.63) is 0 Å². The van der Waals surface area contributed by atoms with Gasteiger partial charge in [-0.3, -0.25) is 4.79 Å². The van der Waals surface area contributed by atoms with Gasteiger partial charge in [0, 0.05) is 39.3 Å². The summed E-state index contributed by atoms with van der Waals surface area (Å²) in [5, 5.41) is 2.92. The van der Waals surface area contributed by atoms with Crippen molar-refractivity contribution >= 4 is 11.9 Å². The highest BCUT2D eigenvalue weighted by Gasteiger charge is 2.49. The van der Waals surface area contributed by atoms with E-state index in [0.29, 0.717) is 19.7 Å². The van der Waals surface area contributed by atoms with Crippen LogP contribution in [-0.4, -0.2) is 67.7 Å². The number of amides is 3. The van der Waals surface area contributed by atoms with Crippen molar-refractivity contribution in [3.8, 4) is 0 Å². The summed E-state index contributed by atoms with van der Waals surface area (Å²) >= 11 is 0. The molecule has 1 atom stereocenters. The Morgan fingerprint density at radius 2 is 2.14 bits per heavy atom. The van der Waals surface area contributed by atoms with Crippen molar-refractivity contribution in [2.24, 2.45) is 5.41 Å². The van der Waals surface area contributed by atoms with Crippen LogP contribution in [0.25, 0.3) is 0 Å². The van der Waals surface area contributed by atoms with E-state index in [-0.39, 0.29) is 23.4 Å². The van der Waals surface area contributed by atoms with Crippen LogP contribution in [0.1, 0.15) is 33.1 Å². The van der Waals surface area contributed by atoms with Gasteiger partial charge in [-0.1, -0.05) is 0 Å². The average Bonchev–Trinajstić information content (AvgIpc) is 2.73. The van der Waals surface area contributed by atoms with Gasteiger partial charge in [-0.2, -0.15) is 0 Å². The average molecular weight is 297 g/mol. The fourth-order valence-corrected chi connectivity index (χ4v) is 3.33. The molecule has 2 heterocycles. The molecule has 21 heavy (non-hydrogen) atoms. The fourth-order valence-electron chi connectivity index (χ4n) is 3.33. The van der Waals surface area contributed by atoms with Gasteiger partial charge in [-0.05, 0) is 33.1 Å². The molecule has 3 amide bonds. The van der Waals surface area contributed by atoms with Crippen LogP contribution in [0.5, 0.6) is 0 Å². The standard InChI is InChI=1S/C15H27N3O3/c1-12(2)16-14(20)18-7-4-5-15(11-18)6-8-17(13(15)19)9-10-21-3/h12H,4-11H2,1-3H3,(H,16,20)/t15-/m1/s1. The highest BCUT2D eigenvalue weighted by Crippen LogP contribution is 2.40. The third-order valence-corrected chi connectivity index (χ3v) is 4.44. The minimum Gasteiger partial charge on any atom is -0.383 e. The van der Waals surface area contributed by atoms with Gasteiger partial charge >= 0.3 is 6.03 Å². The predicted octanol–water partition coefficient (Wildman–Crippen LogP) is 1.07. The molecule has 6 heteroatoms. The van der Waals surface area contributed by atoms with Gasteiger partial charge in [0.15, 0.2) is 0 Å². The molecule has 2 aliphatic heterocycles. The Bertz CT molecular complexity index is 400. The number of methoxy groups -OCH3 is 1. The number of hydrogen-bond donors (Lipinski definition) is 1. The van der Waals surface area contributed by atoms with E-state index in [2.05, 4.69) is 5.32 Å². The molecule has 0 aliphatic carbocycles. The normalized spacial score (nSPS) is 26.0. The highest BCUT2D eigenvalue weighted by atomic mass is 16.5. The number of hydrogen-bond acceptors (Lipinski definition) is 3. The number of urea groups is 1. The van der Waals surface area contributed by atoms with Crippen molar-refractivity contribution in [2.45, 2.75) is 39.2 Å². The van der Waals surface area contributed by atoms with Crippen molar-refractivity contribution in [3.63, 3.8) is 0 Å². The molecule has 2 rings (SSSR count). The van der Waals surface area contributed by atoms with E-state index in [1.807, 2.05) is 18.7 Å². The van der Waals surface area contributed by atoms with Gasteiger partial charge < -0.3 is 19.9 Å². The number of nitrogens with zero attached hydrogens (tertiary/aromatic N) is 2. The number of nitrogens with one attached hydrogen (secondary N) is 1. The van der Waals surface area contributed by atoms with E-state index in [1.54, 1.807) is 12.0 Å². The second-order valence-corrected chi connectivity index (χ2v) is 6.44. The summed E-state index contributed by atoms with van der Waals surface area (Å²) in [4.78, 5) is 28.6. The van der Waals surface area contributed by atoms with Crippen molar-refractivity contribution in [1.29, 1.82) is 0 Å². The molecular formula is C15H27N3O3. The Balaban J connectivity index is 2.00. The summed E-state index contributed by atoms with van der Waals surface area (Å²) in [5.41, 5.74) is -0.361. The van der Waals surface area contributed by atoms with E-state index >= 15 is 0 Å². The van der Waals surface area contributed by atoms with Gasteiger partial charge in [0.25, 0.3) is 0 Å². The Morgan fingerprint density at radius 1 is 1.38 bits per heavy atom. The summed E-state index contributed by atoms with van der Waals surface area (Å²) in [6.45, 7) is 7.19. The van der Waals surface area contributed by atoms with Gasteiger partial charge in [0.2, 0.25) is 5.91 Å². The molecule has 0 aromatic rings. The lowest BCUT2D eigenvalue weighted by Gasteiger charge is -2.39. The molecule has 120 valence electrons. The summed E-state index contributed by atoms with van der Waals surface area (Å²) < 4.78 is 5.06. The maximum absolute atomic E-state index is 12.7. The second kappa shape index (κ2) is 6.64. The third kappa shape index (κ3) is 3.48. The maximum atomic E-state index is 12.7. The van der Waals surface area contributed by atoms with Crippen LogP contribution in [0.15, 0.2) is 0 Å². The van der Waals surface area contributed by atoms with Crippen molar-refractivity contribution in [2.75, 3.05) is 39.9 Å². The molecule has 0 aromatic carbocycles. The summed E-state index contributed by atoms with van der Waals surface area (Å²) in [6, 6.07) is 0.0695. The predicted molar refractivity (Wildman–Crippen MR) is 80.0 cm³/mol. The molecule has 6 nitrogen and oxygen atoms in total. The van der Waals surface area contributed by atoms with E-state index in [1.165, 1.54) is 0 Å². The van der Waals surface area contributed by atoms with Gasteiger partial charge in [0.05, 0.1) is 12.0 Å². The van der Waals surface area contributed by atoms with Crippen molar-refractivity contribution < 1.29 is 14.3 Å². The van der Waals surface area contributed by atoms with Crippen molar-refractivity contribution in [1.82, 2.24) is 15.1 Å². The van der Waals surface area contributed by atoms with Crippen LogP contribution >= 0.6 is 0 Å². The number of ether oxygens (including phenoxy) is 1. The molecular weight excluding hydrogens is 270 g/mol. The number of carbonyl (C=O) groups excluding carboxylic acids is 2. The summed E-state index contributed by atoms with van der Waals surface area (Å²) in [7, 11) is 1.65. The Morgan fingerprint density at radius 3 is 2.81 bits per heavy atom.